The number of aryl methyl sites for hydroxylation is 1. The molecule has 3 aromatic rings. The molecule has 1 heterocycles. The Kier molecular flexibility index (Phi) is 5.71. The van der Waals surface area contributed by atoms with Crippen molar-refractivity contribution in [1.82, 2.24) is 4.57 Å². The highest BCUT2D eigenvalue weighted by molar-refractivity contribution is 6.30. The predicted molar refractivity (Wildman–Crippen MR) is 112 cm³/mol. The highest BCUT2D eigenvalue weighted by Gasteiger charge is 2.24. The number of carbonyl (C=O) groups excluding carboxylic acids is 1. The Hall–Kier alpha value is -2.52. The lowest BCUT2D eigenvalue weighted by Crippen LogP contribution is -2.13. The molecule has 0 fully saturated rings. The van der Waals surface area contributed by atoms with Crippen molar-refractivity contribution >= 4 is 17.5 Å². The molecule has 27 heavy (non-hydrogen) atoms. The summed E-state index contributed by atoms with van der Waals surface area (Å²) in [6.07, 6.45) is 1.86. The van der Waals surface area contributed by atoms with Crippen molar-refractivity contribution < 1.29 is 4.79 Å². The third kappa shape index (κ3) is 3.93. The zero-order chi connectivity index (χ0) is 19.6. The van der Waals surface area contributed by atoms with Crippen molar-refractivity contribution in [1.29, 1.82) is 0 Å². The summed E-state index contributed by atoms with van der Waals surface area (Å²) in [5, 5.41) is 0.711. The Bertz CT molecular complexity index is 971. The Balaban J connectivity index is 2.22. The van der Waals surface area contributed by atoms with Crippen molar-refractivity contribution in [3.05, 3.63) is 81.6 Å². The van der Waals surface area contributed by atoms with Gasteiger partial charge in [-0.05, 0) is 43.5 Å². The van der Waals surface area contributed by atoms with E-state index in [0.29, 0.717) is 17.1 Å². The van der Waals surface area contributed by atoms with Crippen LogP contribution in [0.2, 0.25) is 5.02 Å². The number of rotatable bonds is 6. The van der Waals surface area contributed by atoms with Gasteiger partial charge in [-0.15, -0.1) is 0 Å². The van der Waals surface area contributed by atoms with Crippen LogP contribution in [0.1, 0.15) is 46.2 Å². The van der Waals surface area contributed by atoms with E-state index in [-0.39, 0.29) is 5.91 Å². The maximum atomic E-state index is 12.3. The van der Waals surface area contributed by atoms with Gasteiger partial charge in [-0.25, -0.2) is 0 Å². The topological polar surface area (TPSA) is 48.0 Å². The largest absolute Gasteiger partial charge is 0.366 e. The van der Waals surface area contributed by atoms with E-state index in [2.05, 4.69) is 48.7 Å². The molecule has 2 aromatic carbocycles. The number of hydrogen-bond donors (Lipinski definition) is 1. The first kappa shape index (κ1) is 19.2. The minimum absolute atomic E-state index is 0.384. The number of nitrogens with two attached hydrogens (primary N) is 1. The third-order valence-corrected chi connectivity index (χ3v) is 5.17. The second kappa shape index (κ2) is 8.01. The highest BCUT2D eigenvalue weighted by atomic mass is 35.5. The van der Waals surface area contributed by atoms with Crippen LogP contribution in [0.4, 0.5) is 0 Å². The molecule has 0 bridgehead atoms. The summed E-state index contributed by atoms with van der Waals surface area (Å²) in [4.78, 5) is 12.3. The van der Waals surface area contributed by atoms with Gasteiger partial charge in [0, 0.05) is 28.5 Å². The van der Waals surface area contributed by atoms with E-state index in [1.165, 1.54) is 5.56 Å². The second-order valence-corrected chi connectivity index (χ2v) is 7.41. The molecule has 0 spiro atoms. The van der Waals surface area contributed by atoms with E-state index in [9.17, 15) is 4.79 Å². The van der Waals surface area contributed by atoms with Gasteiger partial charge >= 0.3 is 0 Å². The van der Waals surface area contributed by atoms with Gasteiger partial charge < -0.3 is 10.3 Å². The highest BCUT2D eigenvalue weighted by Crippen LogP contribution is 2.34. The van der Waals surface area contributed by atoms with Gasteiger partial charge in [0.2, 0.25) is 0 Å². The molecule has 2 N–H and O–H groups in total. The molecule has 0 unspecified atom stereocenters. The summed E-state index contributed by atoms with van der Waals surface area (Å²) >= 11 is 6.17. The van der Waals surface area contributed by atoms with E-state index in [1.54, 1.807) is 0 Å². The van der Waals surface area contributed by atoms with E-state index < -0.39 is 0 Å². The molecule has 0 saturated heterocycles. The monoisotopic (exact) mass is 380 g/mol. The summed E-state index contributed by atoms with van der Waals surface area (Å²) in [7, 11) is 0. The summed E-state index contributed by atoms with van der Waals surface area (Å²) in [6, 6.07) is 16.1. The first-order chi connectivity index (χ1) is 12.9. The van der Waals surface area contributed by atoms with Crippen molar-refractivity contribution in [2.75, 3.05) is 0 Å². The van der Waals surface area contributed by atoms with Crippen molar-refractivity contribution in [2.45, 2.75) is 40.2 Å². The molecule has 0 aliphatic heterocycles. The lowest BCUT2D eigenvalue weighted by Gasteiger charge is -2.13. The van der Waals surface area contributed by atoms with E-state index in [0.717, 1.165) is 40.9 Å². The van der Waals surface area contributed by atoms with Crippen LogP contribution in [-0.4, -0.2) is 10.5 Å². The first-order valence-electron chi connectivity index (χ1n) is 9.25. The van der Waals surface area contributed by atoms with Crippen LogP contribution in [0.3, 0.4) is 0 Å². The standard InChI is InChI=1S/C23H25ClN2O/c1-4-6-20-22(18-11-9-15(2)10-12-18)21(23(25)27)16(3)26(20)14-17-7-5-8-19(24)13-17/h5,7-13H,4,6,14H2,1-3H3,(H2,25,27). The van der Waals surface area contributed by atoms with Crippen molar-refractivity contribution in [3.8, 4) is 11.1 Å². The zero-order valence-corrected chi connectivity index (χ0v) is 16.8. The van der Waals surface area contributed by atoms with Crippen molar-refractivity contribution in [3.63, 3.8) is 0 Å². The fourth-order valence-corrected chi connectivity index (χ4v) is 3.87. The molecule has 3 rings (SSSR count). The van der Waals surface area contributed by atoms with Gasteiger partial charge in [0.1, 0.15) is 0 Å². The Morgan fingerprint density at radius 2 is 1.81 bits per heavy atom. The Morgan fingerprint density at radius 1 is 1.11 bits per heavy atom. The van der Waals surface area contributed by atoms with Crippen LogP contribution in [0, 0.1) is 13.8 Å². The minimum Gasteiger partial charge on any atom is -0.366 e. The Morgan fingerprint density at radius 3 is 2.41 bits per heavy atom. The van der Waals surface area contributed by atoms with Gasteiger partial charge in [-0.3, -0.25) is 4.79 Å². The zero-order valence-electron chi connectivity index (χ0n) is 16.1. The smallest absolute Gasteiger partial charge is 0.251 e. The molecular formula is C23H25ClN2O. The minimum atomic E-state index is -0.384. The second-order valence-electron chi connectivity index (χ2n) is 6.98. The lowest BCUT2D eigenvalue weighted by molar-refractivity contribution is 0.1000. The maximum absolute atomic E-state index is 12.3. The number of nitrogens with zero attached hydrogens (tertiary/aromatic N) is 1. The molecule has 3 nitrogen and oxygen atoms in total. The molecule has 0 atom stereocenters. The molecule has 1 aromatic heterocycles. The summed E-state index contributed by atoms with van der Waals surface area (Å²) in [6.45, 7) is 6.84. The number of halogens is 1. The predicted octanol–water partition coefficient (Wildman–Crippen LogP) is 5.53. The summed E-state index contributed by atoms with van der Waals surface area (Å²) < 4.78 is 2.21. The number of carbonyl (C=O) groups is 1. The van der Waals surface area contributed by atoms with Crippen LogP contribution in [0.15, 0.2) is 48.5 Å². The number of amides is 1. The molecule has 0 aliphatic carbocycles. The van der Waals surface area contributed by atoms with Crippen molar-refractivity contribution in [2.24, 2.45) is 5.73 Å². The number of benzene rings is 2. The number of aromatic nitrogens is 1. The lowest BCUT2D eigenvalue weighted by atomic mass is 9.97. The van der Waals surface area contributed by atoms with E-state index >= 15 is 0 Å². The molecule has 0 aliphatic rings. The number of primary amides is 1. The van der Waals surface area contributed by atoms with Gasteiger partial charge in [-0.1, -0.05) is 66.9 Å². The van der Waals surface area contributed by atoms with Crippen LogP contribution in [0.25, 0.3) is 11.1 Å². The molecule has 140 valence electrons. The average Bonchev–Trinajstić information content (AvgIpc) is 2.89. The number of hydrogen-bond acceptors (Lipinski definition) is 1. The van der Waals surface area contributed by atoms with E-state index in [4.69, 9.17) is 17.3 Å². The SMILES string of the molecule is CCCc1c(-c2ccc(C)cc2)c(C(N)=O)c(C)n1Cc1cccc(Cl)c1. The summed E-state index contributed by atoms with van der Waals surface area (Å²) in [5.74, 6) is -0.384. The van der Waals surface area contributed by atoms with Gasteiger partial charge in [0.05, 0.1) is 5.56 Å². The fourth-order valence-electron chi connectivity index (χ4n) is 3.66. The van der Waals surface area contributed by atoms with Crippen LogP contribution >= 0.6 is 11.6 Å². The van der Waals surface area contributed by atoms with Gasteiger partial charge in [0.25, 0.3) is 5.91 Å². The fraction of sp³-hybridized carbons (Fsp3) is 0.261. The Labute approximate surface area is 165 Å². The van der Waals surface area contributed by atoms with Crippen LogP contribution in [-0.2, 0) is 13.0 Å². The van der Waals surface area contributed by atoms with Gasteiger partial charge in [0.15, 0.2) is 0 Å². The maximum Gasteiger partial charge on any atom is 0.251 e. The van der Waals surface area contributed by atoms with E-state index in [1.807, 2.05) is 25.1 Å². The molecule has 0 radical (unpaired) electrons. The normalized spacial score (nSPS) is 11.0. The van der Waals surface area contributed by atoms with Crippen LogP contribution < -0.4 is 5.73 Å². The molecule has 0 saturated carbocycles. The third-order valence-electron chi connectivity index (χ3n) is 4.93. The van der Waals surface area contributed by atoms with Gasteiger partial charge in [-0.2, -0.15) is 0 Å². The summed E-state index contributed by atoms with van der Waals surface area (Å²) in [5.41, 5.74) is 12.8. The quantitative estimate of drug-likeness (QED) is 0.600. The molecular weight excluding hydrogens is 356 g/mol. The molecule has 4 heteroatoms. The first-order valence-corrected chi connectivity index (χ1v) is 9.63. The van der Waals surface area contributed by atoms with Crippen LogP contribution in [0.5, 0.6) is 0 Å². The molecule has 1 amide bonds. The average molecular weight is 381 g/mol.